The largest absolute Gasteiger partial charge is 0.361 e. The van der Waals surface area contributed by atoms with E-state index in [4.69, 9.17) is 0 Å². The smallest absolute Gasteiger partial charge is 0.156 e. The van der Waals surface area contributed by atoms with Crippen LogP contribution >= 0.6 is 11.8 Å². The predicted octanol–water partition coefficient (Wildman–Crippen LogP) is 1.16. The summed E-state index contributed by atoms with van der Waals surface area (Å²) in [7, 11) is 0. The van der Waals surface area contributed by atoms with Crippen molar-refractivity contribution in [3.63, 3.8) is 0 Å². The number of nitrogens with zero attached hydrogens (tertiary/aromatic N) is 2. The topological polar surface area (TPSA) is 27.6 Å². The van der Waals surface area contributed by atoms with Gasteiger partial charge in [0.05, 0.1) is 6.54 Å². The normalized spacial score (nSPS) is 25.1. The molecule has 0 radical (unpaired) electrons. The molecular weight excluding hydrogens is 194 g/mol. The summed E-state index contributed by atoms with van der Waals surface area (Å²) in [5.74, 6) is 1.15. The average molecular weight is 213 g/mol. The highest BCUT2D eigenvalue weighted by Gasteiger charge is 2.16. The van der Waals surface area contributed by atoms with Gasteiger partial charge in [0, 0.05) is 18.3 Å². The molecule has 2 rings (SSSR count). The van der Waals surface area contributed by atoms with E-state index in [1.165, 1.54) is 32.5 Å². The Morgan fingerprint density at radius 3 is 2.93 bits per heavy atom. The Bertz CT molecular complexity index is 211. The Balaban J connectivity index is 1.69. The Morgan fingerprint density at radius 1 is 1.50 bits per heavy atom. The van der Waals surface area contributed by atoms with Gasteiger partial charge in [-0.2, -0.15) is 0 Å². The van der Waals surface area contributed by atoms with Crippen molar-refractivity contribution in [2.75, 3.05) is 31.9 Å². The maximum Gasteiger partial charge on any atom is 0.156 e. The van der Waals surface area contributed by atoms with E-state index in [2.05, 4.69) is 22.1 Å². The van der Waals surface area contributed by atoms with Gasteiger partial charge in [0.25, 0.3) is 0 Å². The van der Waals surface area contributed by atoms with Crippen molar-refractivity contribution in [2.45, 2.75) is 25.8 Å². The van der Waals surface area contributed by atoms with Crippen molar-refractivity contribution in [1.82, 2.24) is 10.2 Å². The van der Waals surface area contributed by atoms with Gasteiger partial charge in [-0.3, -0.25) is 4.99 Å². The summed E-state index contributed by atoms with van der Waals surface area (Å²) in [5.41, 5.74) is 0. The molecule has 0 aliphatic carbocycles. The molecule has 80 valence electrons. The lowest BCUT2D eigenvalue weighted by Gasteiger charge is -2.21. The van der Waals surface area contributed by atoms with Crippen molar-refractivity contribution in [2.24, 2.45) is 4.99 Å². The maximum absolute atomic E-state index is 4.40. The second kappa shape index (κ2) is 5.03. The van der Waals surface area contributed by atoms with Gasteiger partial charge in [-0.05, 0) is 32.9 Å². The van der Waals surface area contributed by atoms with E-state index in [0.29, 0.717) is 6.04 Å². The van der Waals surface area contributed by atoms with Crippen LogP contribution in [0.25, 0.3) is 0 Å². The van der Waals surface area contributed by atoms with Crippen LogP contribution in [0.5, 0.6) is 0 Å². The molecule has 2 heterocycles. The third-order valence-electron chi connectivity index (χ3n) is 2.69. The van der Waals surface area contributed by atoms with Crippen LogP contribution in [0, 0.1) is 0 Å². The van der Waals surface area contributed by atoms with Gasteiger partial charge in [0.2, 0.25) is 0 Å². The fourth-order valence-electron chi connectivity index (χ4n) is 2.03. The van der Waals surface area contributed by atoms with E-state index >= 15 is 0 Å². The van der Waals surface area contributed by atoms with Crippen LogP contribution in [0.2, 0.25) is 0 Å². The number of thioether (sulfide) groups is 1. The van der Waals surface area contributed by atoms with Gasteiger partial charge in [-0.25, -0.2) is 0 Å². The number of hydrogen-bond acceptors (Lipinski definition) is 4. The lowest BCUT2D eigenvalue weighted by Crippen LogP contribution is -2.39. The number of amidine groups is 1. The van der Waals surface area contributed by atoms with Crippen molar-refractivity contribution in [3.05, 3.63) is 0 Å². The van der Waals surface area contributed by atoms with Crippen LogP contribution in [0.3, 0.4) is 0 Å². The SMILES string of the molecule is CC(CN1CCCC1)NC1=NCCS1. The van der Waals surface area contributed by atoms with E-state index in [-0.39, 0.29) is 0 Å². The minimum atomic E-state index is 0.539. The molecular formula is C10H19N3S. The highest BCUT2D eigenvalue weighted by Crippen LogP contribution is 2.11. The quantitative estimate of drug-likeness (QED) is 0.762. The number of aliphatic imine (C=N–C) groups is 1. The molecule has 0 spiro atoms. The maximum atomic E-state index is 4.40. The van der Waals surface area contributed by atoms with Gasteiger partial charge >= 0.3 is 0 Å². The minimum absolute atomic E-state index is 0.539. The first-order valence-corrected chi connectivity index (χ1v) is 6.49. The molecule has 0 aromatic rings. The zero-order valence-electron chi connectivity index (χ0n) is 8.83. The van der Waals surface area contributed by atoms with Crippen LogP contribution in [0.4, 0.5) is 0 Å². The van der Waals surface area contributed by atoms with Crippen LogP contribution in [-0.4, -0.2) is 48.0 Å². The molecule has 1 fully saturated rings. The van der Waals surface area contributed by atoms with Gasteiger partial charge in [-0.15, -0.1) is 0 Å². The monoisotopic (exact) mass is 213 g/mol. The first-order valence-electron chi connectivity index (χ1n) is 5.51. The molecule has 1 saturated heterocycles. The third-order valence-corrected chi connectivity index (χ3v) is 3.59. The Morgan fingerprint density at radius 2 is 2.29 bits per heavy atom. The van der Waals surface area contributed by atoms with Crippen molar-refractivity contribution >= 4 is 16.9 Å². The first-order chi connectivity index (χ1) is 6.84. The zero-order chi connectivity index (χ0) is 9.80. The molecule has 1 atom stereocenters. The van der Waals surface area contributed by atoms with Gasteiger partial charge in [-0.1, -0.05) is 11.8 Å². The number of nitrogens with one attached hydrogen (secondary N) is 1. The molecule has 1 N–H and O–H groups in total. The molecule has 2 aliphatic heterocycles. The molecule has 4 heteroatoms. The molecule has 3 nitrogen and oxygen atoms in total. The summed E-state index contributed by atoms with van der Waals surface area (Å²) >= 11 is 1.85. The first kappa shape index (κ1) is 10.3. The van der Waals surface area contributed by atoms with Crippen molar-refractivity contribution in [1.29, 1.82) is 0 Å². The Kier molecular flexibility index (Phi) is 3.70. The molecule has 0 saturated carbocycles. The van der Waals surface area contributed by atoms with Gasteiger partial charge in [0.1, 0.15) is 0 Å². The molecule has 1 unspecified atom stereocenters. The standard InChI is InChI=1S/C10H19N3S/c1-9(8-13-5-2-3-6-13)12-10-11-4-7-14-10/h9H,2-8H2,1H3,(H,11,12). The highest BCUT2D eigenvalue weighted by atomic mass is 32.2. The summed E-state index contributed by atoms with van der Waals surface area (Å²) in [6, 6.07) is 0.539. The van der Waals surface area contributed by atoms with Crippen LogP contribution in [-0.2, 0) is 0 Å². The molecule has 0 aromatic carbocycles. The van der Waals surface area contributed by atoms with Crippen LogP contribution in [0.1, 0.15) is 19.8 Å². The fraction of sp³-hybridized carbons (Fsp3) is 0.900. The fourth-order valence-corrected chi connectivity index (χ4v) is 2.87. The average Bonchev–Trinajstić information content (AvgIpc) is 2.76. The number of likely N-dealkylation sites (tertiary alicyclic amines) is 1. The lowest BCUT2D eigenvalue weighted by molar-refractivity contribution is 0.312. The van der Waals surface area contributed by atoms with Gasteiger partial charge < -0.3 is 10.2 Å². The number of hydrogen-bond donors (Lipinski definition) is 1. The molecule has 2 aliphatic rings. The Hall–Kier alpha value is -0.220. The summed E-state index contributed by atoms with van der Waals surface area (Å²) in [5, 5.41) is 4.63. The lowest BCUT2D eigenvalue weighted by atomic mass is 10.3. The second-order valence-corrected chi connectivity index (χ2v) is 5.17. The molecule has 0 aromatic heterocycles. The van der Waals surface area contributed by atoms with E-state index < -0.39 is 0 Å². The Labute approximate surface area is 90.3 Å². The van der Waals surface area contributed by atoms with Crippen LogP contribution in [0.15, 0.2) is 4.99 Å². The van der Waals surface area contributed by atoms with E-state index in [0.717, 1.165) is 17.5 Å². The van der Waals surface area contributed by atoms with Crippen molar-refractivity contribution in [3.8, 4) is 0 Å². The molecule has 0 amide bonds. The van der Waals surface area contributed by atoms with Gasteiger partial charge in [0.15, 0.2) is 5.17 Å². The third kappa shape index (κ3) is 2.89. The highest BCUT2D eigenvalue weighted by molar-refractivity contribution is 8.14. The summed E-state index contributed by atoms with van der Waals surface area (Å²) < 4.78 is 0. The molecule has 14 heavy (non-hydrogen) atoms. The summed E-state index contributed by atoms with van der Waals surface area (Å²) in [6.45, 7) is 6.97. The predicted molar refractivity (Wildman–Crippen MR) is 63.0 cm³/mol. The zero-order valence-corrected chi connectivity index (χ0v) is 9.65. The van der Waals surface area contributed by atoms with Crippen LogP contribution < -0.4 is 5.32 Å². The van der Waals surface area contributed by atoms with Crippen molar-refractivity contribution < 1.29 is 0 Å². The molecule has 0 bridgehead atoms. The summed E-state index contributed by atoms with van der Waals surface area (Å²) in [6.07, 6.45) is 2.75. The van der Waals surface area contributed by atoms with E-state index in [1.54, 1.807) is 0 Å². The van der Waals surface area contributed by atoms with E-state index in [9.17, 15) is 0 Å². The summed E-state index contributed by atoms with van der Waals surface area (Å²) in [4.78, 5) is 6.94. The second-order valence-electron chi connectivity index (χ2n) is 4.09. The minimum Gasteiger partial charge on any atom is -0.361 e. The van der Waals surface area contributed by atoms with E-state index in [1.807, 2.05) is 11.8 Å². The number of rotatable bonds is 3.